The number of benzene rings is 9. The Labute approximate surface area is 341 Å². The molecule has 0 bridgehead atoms. The molecule has 0 saturated heterocycles. The van der Waals surface area contributed by atoms with Gasteiger partial charge in [0.25, 0.3) is 0 Å². The summed E-state index contributed by atoms with van der Waals surface area (Å²) in [4.78, 5) is 2.46. The Balaban J connectivity index is 1.15. The molecule has 0 aliphatic heterocycles. The first-order valence-corrected chi connectivity index (χ1v) is 20.9. The monoisotopic (exact) mass is 758 g/mol. The summed E-state index contributed by atoms with van der Waals surface area (Å²) >= 11 is 1.91. The molecule has 9 aromatic carbocycles. The fourth-order valence-electron chi connectivity index (χ4n) is 9.86. The van der Waals surface area contributed by atoms with E-state index in [4.69, 9.17) is 0 Å². The highest BCUT2D eigenvalue weighted by atomic mass is 32.1. The molecule has 0 atom stereocenters. The highest BCUT2D eigenvalue weighted by Gasteiger charge is 2.36. The number of aromatic nitrogens is 1. The van der Waals surface area contributed by atoms with Crippen molar-refractivity contribution in [2.24, 2.45) is 0 Å². The molecule has 2 heterocycles. The summed E-state index contributed by atoms with van der Waals surface area (Å²) in [6.07, 6.45) is 0. The van der Waals surface area contributed by atoms with Crippen molar-refractivity contribution in [2.45, 2.75) is 19.3 Å². The standard InChI is InChI=1S/C55H38N2S/c1-55(2)47-23-13-11-19-41(47)42-31-29-40(34-48(42)55)56(38-27-25-36(26-28-38)35-15-5-3-6-16-35)39-30-32-50-46(33-39)52-53-51(43-20-9-10-21-44(43)54(52)58-50)45-22-12-14-24-49(45)57(53)37-17-7-4-8-18-37/h3-34H,1-2H3. The molecule has 11 aromatic rings. The zero-order valence-corrected chi connectivity index (χ0v) is 33.1. The van der Waals surface area contributed by atoms with E-state index in [-0.39, 0.29) is 5.41 Å². The summed E-state index contributed by atoms with van der Waals surface area (Å²) in [7, 11) is 0. The Kier molecular flexibility index (Phi) is 7.18. The molecule has 0 saturated carbocycles. The smallest absolute Gasteiger partial charge is 0.0640 e. The van der Waals surface area contributed by atoms with E-state index in [1.54, 1.807) is 0 Å². The maximum atomic E-state index is 2.50. The Morgan fingerprint density at radius 2 is 1.05 bits per heavy atom. The van der Waals surface area contributed by atoms with Crippen LogP contribution in [0.5, 0.6) is 0 Å². The second-order valence-electron chi connectivity index (χ2n) is 16.1. The molecule has 0 amide bonds. The maximum Gasteiger partial charge on any atom is 0.0640 e. The molecule has 0 spiro atoms. The minimum atomic E-state index is -0.115. The Morgan fingerprint density at radius 1 is 0.448 bits per heavy atom. The van der Waals surface area contributed by atoms with Crippen LogP contribution in [0.3, 0.4) is 0 Å². The van der Waals surface area contributed by atoms with E-state index in [1.165, 1.54) is 91.8 Å². The van der Waals surface area contributed by atoms with E-state index in [0.29, 0.717) is 0 Å². The number of rotatable bonds is 5. The van der Waals surface area contributed by atoms with Crippen molar-refractivity contribution in [1.29, 1.82) is 0 Å². The van der Waals surface area contributed by atoms with E-state index >= 15 is 0 Å². The van der Waals surface area contributed by atoms with Crippen molar-refractivity contribution in [3.05, 3.63) is 205 Å². The molecule has 0 unspecified atom stereocenters. The number of thiophene rings is 1. The molecule has 1 aliphatic rings. The summed E-state index contributed by atoms with van der Waals surface area (Å²) in [5.74, 6) is 0. The first kappa shape index (κ1) is 33.2. The summed E-state index contributed by atoms with van der Waals surface area (Å²) in [6.45, 7) is 4.73. The van der Waals surface area contributed by atoms with E-state index in [1.807, 2.05) is 11.3 Å². The van der Waals surface area contributed by atoms with Crippen LogP contribution in [-0.4, -0.2) is 4.57 Å². The lowest BCUT2D eigenvalue weighted by Gasteiger charge is -2.28. The van der Waals surface area contributed by atoms with Gasteiger partial charge in [0.15, 0.2) is 0 Å². The fourth-order valence-corrected chi connectivity index (χ4v) is 11.1. The van der Waals surface area contributed by atoms with Gasteiger partial charge in [-0.1, -0.05) is 147 Å². The zero-order chi connectivity index (χ0) is 38.5. The van der Waals surface area contributed by atoms with Gasteiger partial charge in [-0.3, -0.25) is 0 Å². The minimum Gasteiger partial charge on any atom is -0.310 e. The molecule has 0 N–H and O–H groups in total. The van der Waals surface area contributed by atoms with Gasteiger partial charge in [-0.25, -0.2) is 0 Å². The summed E-state index contributed by atoms with van der Waals surface area (Å²) < 4.78 is 5.11. The molecule has 274 valence electrons. The highest BCUT2D eigenvalue weighted by Crippen LogP contribution is 2.52. The summed E-state index contributed by atoms with van der Waals surface area (Å²) in [6, 6.07) is 71.7. The van der Waals surface area contributed by atoms with Gasteiger partial charge >= 0.3 is 0 Å². The number of anilines is 3. The number of hydrogen-bond acceptors (Lipinski definition) is 2. The van der Waals surface area contributed by atoms with Crippen molar-refractivity contribution >= 4 is 81.1 Å². The van der Waals surface area contributed by atoms with Crippen LogP contribution in [0.4, 0.5) is 17.1 Å². The molecule has 2 aromatic heterocycles. The maximum absolute atomic E-state index is 2.50. The molecule has 2 nitrogen and oxygen atoms in total. The van der Waals surface area contributed by atoms with Crippen LogP contribution in [-0.2, 0) is 5.41 Å². The number of nitrogens with zero attached hydrogens (tertiary/aromatic N) is 2. The van der Waals surface area contributed by atoms with Gasteiger partial charge in [0.05, 0.1) is 11.0 Å². The first-order chi connectivity index (χ1) is 28.5. The van der Waals surface area contributed by atoms with Gasteiger partial charge in [-0.05, 0) is 99.4 Å². The highest BCUT2D eigenvalue weighted by molar-refractivity contribution is 7.27. The van der Waals surface area contributed by atoms with Crippen LogP contribution in [0.1, 0.15) is 25.0 Å². The average molecular weight is 759 g/mol. The second-order valence-corrected chi connectivity index (χ2v) is 17.1. The second kappa shape index (κ2) is 12.5. The van der Waals surface area contributed by atoms with Gasteiger partial charge in [0.1, 0.15) is 0 Å². The third kappa shape index (κ3) is 4.77. The van der Waals surface area contributed by atoms with Gasteiger partial charge < -0.3 is 9.47 Å². The number of para-hydroxylation sites is 2. The van der Waals surface area contributed by atoms with Crippen LogP contribution >= 0.6 is 11.3 Å². The van der Waals surface area contributed by atoms with Crippen molar-refractivity contribution in [3.8, 4) is 27.9 Å². The Morgan fingerprint density at radius 3 is 1.86 bits per heavy atom. The van der Waals surface area contributed by atoms with Gasteiger partial charge in [-0.2, -0.15) is 0 Å². The average Bonchev–Trinajstić information content (AvgIpc) is 3.91. The van der Waals surface area contributed by atoms with Gasteiger partial charge in [-0.15, -0.1) is 11.3 Å². The quantitative estimate of drug-likeness (QED) is 0.170. The third-order valence-corrected chi connectivity index (χ3v) is 13.8. The van der Waals surface area contributed by atoms with Gasteiger partial charge in [0.2, 0.25) is 0 Å². The predicted octanol–water partition coefficient (Wildman–Crippen LogP) is 15.7. The van der Waals surface area contributed by atoms with Crippen LogP contribution in [0.2, 0.25) is 0 Å². The minimum absolute atomic E-state index is 0.115. The Bertz CT molecular complexity index is 3410. The van der Waals surface area contributed by atoms with Crippen LogP contribution in [0.25, 0.3) is 80.7 Å². The van der Waals surface area contributed by atoms with Crippen molar-refractivity contribution in [3.63, 3.8) is 0 Å². The van der Waals surface area contributed by atoms with Crippen molar-refractivity contribution in [2.75, 3.05) is 4.90 Å². The summed E-state index contributed by atoms with van der Waals surface area (Å²) in [5, 5.41) is 7.76. The van der Waals surface area contributed by atoms with Crippen molar-refractivity contribution in [1.82, 2.24) is 4.57 Å². The van der Waals surface area contributed by atoms with E-state index < -0.39 is 0 Å². The van der Waals surface area contributed by atoms with E-state index in [9.17, 15) is 0 Å². The Hall–Kier alpha value is -6.94. The fraction of sp³-hybridized carbons (Fsp3) is 0.0545. The first-order valence-electron chi connectivity index (χ1n) is 20.1. The molecular formula is C55H38N2S. The third-order valence-electron chi connectivity index (χ3n) is 12.6. The summed E-state index contributed by atoms with van der Waals surface area (Å²) in [5.41, 5.74) is 14.8. The predicted molar refractivity (Wildman–Crippen MR) is 249 cm³/mol. The van der Waals surface area contributed by atoms with E-state index in [0.717, 1.165) is 17.1 Å². The number of fused-ring (bicyclic) bond motifs is 13. The molecule has 12 rings (SSSR count). The number of hydrogen-bond donors (Lipinski definition) is 0. The van der Waals surface area contributed by atoms with Crippen LogP contribution < -0.4 is 4.90 Å². The lowest BCUT2D eigenvalue weighted by Crippen LogP contribution is -2.16. The van der Waals surface area contributed by atoms with Crippen LogP contribution in [0.15, 0.2) is 194 Å². The molecular weight excluding hydrogens is 721 g/mol. The van der Waals surface area contributed by atoms with E-state index in [2.05, 4.69) is 217 Å². The van der Waals surface area contributed by atoms with Gasteiger partial charge in [0, 0.05) is 64.5 Å². The lowest BCUT2D eigenvalue weighted by atomic mass is 9.82. The zero-order valence-electron chi connectivity index (χ0n) is 32.3. The molecule has 58 heavy (non-hydrogen) atoms. The molecule has 0 fully saturated rings. The topological polar surface area (TPSA) is 8.17 Å². The van der Waals surface area contributed by atoms with Crippen LogP contribution in [0, 0.1) is 0 Å². The molecule has 0 radical (unpaired) electrons. The van der Waals surface area contributed by atoms with Crippen molar-refractivity contribution < 1.29 is 0 Å². The largest absolute Gasteiger partial charge is 0.310 e. The lowest BCUT2D eigenvalue weighted by molar-refractivity contribution is 0.660. The molecule has 3 heteroatoms. The SMILES string of the molecule is CC1(C)c2ccccc2-c2ccc(N(c3ccc(-c4ccccc4)cc3)c3ccc4sc5c6ccccc6c6c7ccccc7n(-c7ccccc7)c6c5c4c3)cc21. The normalized spacial score (nSPS) is 13.1. The molecule has 1 aliphatic carbocycles.